The van der Waals surface area contributed by atoms with E-state index in [1.54, 1.807) is 0 Å². The van der Waals surface area contributed by atoms with Gasteiger partial charge < -0.3 is 5.11 Å². The van der Waals surface area contributed by atoms with Crippen LogP contribution >= 0.6 is 0 Å². The standard InChI is InChI=1S/C21H31NO2/c1-2-3-5-11-21(15-9-18(10-16-21)19(23)24)20(14-8-17-22)12-6-4-7-13-20/h9-10,15-16,18H,2-8,11-14H2,1H3,(H,23,24). The number of nitriles is 1. The van der Waals surface area contributed by atoms with Gasteiger partial charge in [-0.2, -0.15) is 5.26 Å². The molecular formula is C21H31NO2. The van der Waals surface area contributed by atoms with Crippen LogP contribution in [0.2, 0.25) is 0 Å². The predicted molar refractivity (Wildman–Crippen MR) is 96.3 cm³/mol. The fourth-order valence-electron chi connectivity index (χ4n) is 4.76. The number of allylic oxidation sites excluding steroid dienone is 2. The minimum Gasteiger partial charge on any atom is -0.481 e. The smallest absolute Gasteiger partial charge is 0.314 e. The maximum atomic E-state index is 11.3. The van der Waals surface area contributed by atoms with Crippen LogP contribution in [0.4, 0.5) is 0 Å². The van der Waals surface area contributed by atoms with E-state index in [0.29, 0.717) is 6.42 Å². The molecule has 132 valence electrons. The lowest BCUT2D eigenvalue weighted by molar-refractivity contribution is -0.138. The predicted octanol–water partition coefficient (Wildman–Crippen LogP) is 5.63. The maximum absolute atomic E-state index is 11.3. The molecule has 1 saturated carbocycles. The summed E-state index contributed by atoms with van der Waals surface area (Å²) >= 11 is 0. The summed E-state index contributed by atoms with van der Waals surface area (Å²) in [6.45, 7) is 2.21. The maximum Gasteiger partial charge on any atom is 0.314 e. The molecule has 3 heteroatoms. The van der Waals surface area contributed by atoms with Crippen molar-refractivity contribution < 1.29 is 9.90 Å². The lowest BCUT2D eigenvalue weighted by Gasteiger charge is -2.52. The van der Waals surface area contributed by atoms with Crippen LogP contribution in [0, 0.1) is 28.1 Å². The minimum absolute atomic E-state index is 0.0641. The van der Waals surface area contributed by atoms with Crippen LogP contribution in [-0.4, -0.2) is 11.1 Å². The summed E-state index contributed by atoms with van der Waals surface area (Å²) in [7, 11) is 0. The first-order valence-electron chi connectivity index (χ1n) is 9.58. The molecule has 0 amide bonds. The van der Waals surface area contributed by atoms with Gasteiger partial charge in [0, 0.05) is 11.8 Å². The van der Waals surface area contributed by atoms with Crippen molar-refractivity contribution in [2.75, 3.05) is 0 Å². The zero-order chi connectivity index (χ0) is 17.5. The van der Waals surface area contributed by atoms with Crippen molar-refractivity contribution in [2.45, 2.75) is 77.6 Å². The Morgan fingerprint density at radius 3 is 2.38 bits per heavy atom. The highest BCUT2D eigenvalue weighted by Crippen LogP contribution is 2.58. The van der Waals surface area contributed by atoms with Crippen LogP contribution in [0.15, 0.2) is 24.3 Å². The molecule has 0 bridgehead atoms. The Morgan fingerprint density at radius 2 is 1.83 bits per heavy atom. The monoisotopic (exact) mass is 329 g/mol. The third kappa shape index (κ3) is 3.91. The molecule has 1 fully saturated rings. The second-order valence-corrected chi connectivity index (χ2v) is 7.58. The first-order chi connectivity index (χ1) is 11.6. The molecule has 0 aliphatic heterocycles. The normalized spacial score (nSPS) is 28.4. The Hall–Kier alpha value is -1.56. The number of aliphatic carboxylic acids is 1. The van der Waals surface area contributed by atoms with Crippen molar-refractivity contribution in [2.24, 2.45) is 16.7 Å². The highest BCUT2D eigenvalue weighted by molar-refractivity contribution is 5.75. The van der Waals surface area contributed by atoms with Gasteiger partial charge >= 0.3 is 5.97 Å². The van der Waals surface area contributed by atoms with Gasteiger partial charge in [-0.1, -0.05) is 69.8 Å². The number of carboxylic acids is 1. The molecule has 3 nitrogen and oxygen atoms in total. The molecule has 1 N–H and O–H groups in total. The Bertz CT molecular complexity index is 506. The molecule has 0 heterocycles. The van der Waals surface area contributed by atoms with Gasteiger partial charge in [-0.15, -0.1) is 0 Å². The van der Waals surface area contributed by atoms with Gasteiger partial charge in [0.25, 0.3) is 0 Å². The average Bonchev–Trinajstić information content (AvgIpc) is 2.61. The largest absolute Gasteiger partial charge is 0.481 e. The Balaban J connectivity index is 2.32. The van der Waals surface area contributed by atoms with Gasteiger partial charge in [0.1, 0.15) is 0 Å². The van der Waals surface area contributed by atoms with Crippen LogP contribution in [0.3, 0.4) is 0 Å². The Labute approximate surface area is 146 Å². The van der Waals surface area contributed by atoms with E-state index in [1.807, 2.05) is 12.2 Å². The van der Waals surface area contributed by atoms with Gasteiger partial charge in [0.15, 0.2) is 0 Å². The molecule has 0 aromatic carbocycles. The van der Waals surface area contributed by atoms with E-state index in [0.717, 1.165) is 32.1 Å². The summed E-state index contributed by atoms with van der Waals surface area (Å²) in [4.78, 5) is 11.3. The number of carboxylic acid groups (broad SMARTS) is 1. The number of carbonyl (C=O) groups is 1. The lowest BCUT2D eigenvalue weighted by Crippen LogP contribution is -2.42. The molecule has 24 heavy (non-hydrogen) atoms. The number of rotatable bonds is 8. The van der Waals surface area contributed by atoms with Gasteiger partial charge in [-0.25, -0.2) is 0 Å². The van der Waals surface area contributed by atoms with E-state index in [2.05, 4.69) is 25.1 Å². The summed E-state index contributed by atoms with van der Waals surface area (Å²) in [6, 6.07) is 2.35. The third-order valence-corrected chi connectivity index (χ3v) is 6.19. The number of nitrogens with zero attached hydrogens (tertiary/aromatic N) is 1. The van der Waals surface area contributed by atoms with E-state index in [9.17, 15) is 9.90 Å². The first kappa shape index (κ1) is 18.8. The Kier molecular flexibility index (Phi) is 6.66. The molecule has 0 spiro atoms. The molecule has 0 atom stereocenters. The van der Waals surface area contributed by atoms with E-state index in [-0.39, 0.29) is 10.8 Å². The van der Waals surface area contributed by atoms with Crippen LogP contribution in [0.5, 0.6) is 0 Å². The highest BCUT2D eigenvalue weighted by atomic mass is 16.4. The SMILES string of the molecule is CCCCCC1(C2(CCC#N)CCCCC2)C=CC(C(=O)O)C=C1. The molecule has 2 rings (SSSR count). The van der Waals surface area contributed by atoms with Crippen molar-refractivity contribution in [3.05, 3.63) is 24.3 Å². The lowest BCUT2D eigenvalue weighted by atomic mass is 9.52. The van der Waals surface area contributed by atoms with E-state index >= 15 is 0 Å². The van der Waals surface area contributed by atoms with Crippen molar-refractivity contribution >= 4 is 5.97 Å². The zero-order valence-electron chi connectivity index (χ0n) is 15.0. The van der Waals surface area contributed by atoms with Crippen molar-refractivity contribution in [3.63, 3.8) is 0 Å². The molecular weight excluding hydrogens is 298 g/mol. The zero-order valence-corrected chi connectivity index (χ0v) is 15.0. The fourth-order valence-corrected chi connectivity index (χ4v) is 4.76. The molecule has 2 aliphatic carbocycles. The average molecular weight is 329 g/mol. The quantitative estimate of drug-likeness (QED) is 0.463. The van der Waals surface area contributed by atoms with Crippen LogP contribution in [0.25, 0.3) is 0 Å². The molecule has 2 aliphatic rings. The van der Waals surface area contributed by atoms with Crippen LogP contribution in [0.1, 0.15) is 77.6 Å². The minimum atomic E-state index is -0.778. The van der Waals surface area contributed by atoms with Crippen molar-refractivity contribution in [1.29, 1.82) is 5.26 Å². The fraction of sp³-hybridized carbons (Fsp3) is 0.714. The number of hydrogen-bond donors (Lipinski definition) is 1. The van der Waals surface area contributed by atoms with E-state index in [4.69, 9.17) is 5.26 Å². The molecule has 0 aromatic rings. The summed E-state index contributed by atoms with van der Waals surface area (Å²) in [5.74, 6) is -1.28. The van der Waals surface area contributed by atoms with Crippen molar-refractivity contribution in [1.82, 2.24) is 0 Å². The van der Waals surface area contributed by atoms with Gasteiger partial charge in [0.05, 0.1) is 12.0 Å². The molecule has 0 saturated heterocycles. The van der Waals surface area contributed by atoms with Crippen LogP contribution < -0.4 is 0 Å². The second-order valence-electron chi connectivity index (χ2n) is 7.58. The highest BCUT2D eigenvalue weighted by Gasteiger charge is 2.48. The molecule has 0 aromatic heterocycles. The van der Waals surface area contributed by atoms with Gasteiger partial charge in [-0.3, -0.25) is 4.79 Å². The second kappa shape index (κ2) is 8.51. The summed E-state index contributed by atoms with van der Waals surface area (Å²) < 4.78 is 0. The van der Waals surface area contributed by atoms with Gasteiger partial charge in [-0.05, 0) is 31.1 Å². The van der Waals surface area contributed by atoms with E-state index in [1.165, 1.54) is 32.1 Å². The summed E-state index contributed by atoms with van der Waals surface area (Å²) in [6.07, 6.45) is 20.4. The molecule has 0 unspecified atom stereocenters. The van der Waals surface area contributed by atoms with E-state index < -0.39 is 11.9 Å². The van der Waals surface area contributed by atoms with Crippen LogP contribution in [-0.2, 0) is 4.79 Å². The molecule has 0 radical (unpaired) electrons. The number of unbranched alkanes of at least 4 members (excludes halogenated alkanes) is 2. The van der Waals surface area contributed by atoms with Crippen molar-refractivity contribution in [3.8, 4) is 6.07 Å². The topological polar surface area (TPSA) is 61.1 Å². The third-order valence-electron chi connectivity index (χ3n) is 6.19. The summed E-state index contributed by atoms with van der Waals surface area (Å²) in [5.41, 5.74) is 0.0661. The Morgan fingerprint density at radius 1 is 1.17 bits per heavy atom. The number of hydrogen-bond acceptors (Lipinski definition) is 2. The first-order valence-corrected chi connectivity index (χ1v) is 9.58. The van der Waals surface area contributed by atoms with Gasteiger partial charge in [0.2, 0.25) is 0 Å². The summed E-state index contributed by atoms with van der Waals surface area (Å²) in [5, 5.41) is 18.5.